The molecule has 0 spiro atoms. The van der Waals surface area contributed by atoms with Crippen molar-refractivity contribution in [2.24, 2.45) is 0 Å². The quantitative estimate of drug-likeness (QED) is 0.603. The van der Waals surface area contributed by atoms with Crippen molar-refractivity contribution in [3.63, 3.8) is 0 Å². The molecule has 0 bridgehead atoms. The highest BCUT2D eigenvalue weighted by atomic mass is 16.5. The van der Waals surface area contributed by atoms with E-state index in [0.29, 0.717) is 11.3 Å². The van der Waals surface area contributed by atoms with Crippen molar-refractivity contribution < 1.29 is 19.4 Å². The van der Waals surface area contributed by atoms with Crippen LogP contribution < -0.4 is 4.74 Å². The Kier molecular flexibility index (Phi) is 4.22. The van der Waals surface area contributed by atoms with Gasteiger partial charge >= 0.3 is 5.97 Å². The van der Waals surface area contributed by atoms with Crippen LogP contribution in [0.2, 0.25) is 0 Å². The molecule has 4 nitrogen and oxygen atoms in total. The van der Waals surface area contributed by atoms with Gasteiger partial charge in [-0.05, 0) is 25.1 Å². The minimum absolute atomic E-state index is 0.0639. The van der Waals surface area contributed by atoms with Crippen molar-refractivity contribution in [2.75, 3.05) is 13.7 Å². The number of phenolic OH excluding ortho intramolecular Hbond substituents is 1. The van der Waals surface area contributed by atoms with Crippen molar-refractivity contribution in [2.45, 2.75) is 6.92 Å². The van der Waals surface area contributed by atoms with Crippen LogP contribution in [0.3, 0.4) is 0 Å². The van der Waals surface area contributed by atoms with Crippen LogP contribution in [-0.2, 0) is 9.53 Å². The first-order chi connectivity index (χ1) is 7.67. The van der Waals surface area contributed by atoms with Gasteiger partial charge in [0.05, 0.1) is 19.3 Å². The number of aromatic hydroxyl groups is 1. The molecule has 0 radical (unpaired) electrons. The SMILES string of the molecule is CCOC(=O)C#Cc1cc(O)ccc1OC. The van der Waals surface area contributed by atoms with Gasteiger partial charge in [0.2, 0.25) is 0 Å². The zero-order chi connectivity index (χ0) is 12.0. The van der Waals surface area contributed by atoms with E-state index < -0.39 is 5.97 Å². The molecular weight excluding hydrogens is 208 g/mol. The Morgan fingerprint density at radius 3 is 2.88 bits per heavy atom. The first-order valence-corrected chi connectivity index (χ1v) is 4.73. The van der Waals surface area contributed by atoms with Gasteiger partial charge < -0.3 is 14.6 Å². The number of carbonyl (C=O) groups excluding carboxylic acids is 1. The van der Waals surface area contributed by atoms with Crippen molar-refractivity contribution in [3.05, 3.63) is 23.8 Å². The zero-order valence-corrected chi connectivity index (χ0v) is 9.11. The molecule has 16 heavy (non-hydrogen) atoms. The lowest BCUT2D eigenvalue weighted by molar-refractivity contribution is -0.136. The van der Waals surface area contributed by atoms with Crippen LogP contribution in [0, 0.1) is 11.8 Å². The first kappa shape index (κ1) is 11.9. The summed E-state index contributed by atoms with van der Waals surface area (Å²) in [4.78, 5) is 11.0. The van der Waals surface area contributed by atoms with E-state index in [0.717, 1.165) is 0 Å². The number of methoxy groups -OCH3 is 1. The number of benzene rings is 1. The largest absolute Gasteiger partial charge is 0.508 e. The molecule has 0 atom stereocenters. The third-order valence-electron chi connectivity index (χ3n) is 1.76. The smallest absolute Gasteiger partial charge is 0.384 e. The monoisotopic (exact) mass is 220 g/mol. The first-order valence-electron chi connectivity index (χ1n) is 4.73. The third kappa shape index (κ3) is 3.21. The lowest BCUT2D eigenvalue weighted by atomic mass is 10.2. The van der Waals surface area contributed by atoms with E-state index in [4.69, 9.17) is 4.74 Å². The van der Waals surface area contributed by atoms with Crippen LogP contribution in [0.4, 0.5) is 0 Å². The molecule has 0 saturated heterocycles. The fourth-order valence-corrected chi connectivity index (χ4v) is 1.08. The predicted molar refractivity (Wildman–Crippen MR) is 58.2 cm³/mol. The molecule has 84 valence electrons. The molecule has 4 heteroatoms. The third-order valence-corrected chi connectivity index (χ3v) is 1.76. The summed E-state index contributed by atoms with van der Waals surface area (Å²) >= 11 is 0. The Bertz CT molecular complexity index is 440. The fourth-order valence-electron chi connectivity index (χ4n) is 1.08. The van der Waals surface area contributed by atoms with Crippen molar-refractivity contribution in [3.8, 4) is 23.3 Å². The normalized spacial score (nSPS) is 8.88. The van der Waals surface area contributed by atoms with Gasteiger partial charge in [0.25, 0.3) is 0 Å². The van der Waals surface area contributed by atoms with Crippen LogP contribution in [0.1, 0.15) is 12.5 Å². The fraction of sp³-hybridized carbons (Fsp3) is 0.250. The molecule has 0 aliphatic heterocycles. The maximum absolute atomic E-state index is 11.0. The molecule has 0 fully saturated rings. The Morgan fingerprint density at radius 1 is 1.50 bits per heavy atom. The Morgan fingerprint density at radius 2 is 2.25 bits per heavy atom. The highest BCUT2D eigenvalue weighted by molar-refractivity contribution is 5.89. The van der Waals surface area contributed by atoms with Crippen LogP contribution in [0.5, 0.6) is 11.5 Å². The zero-order valence-electron chi connectivity index (χ0n) is 9.11. The summed E-state index contributed by atoms with van der Waals surface area (Å²) in [6, 6.07) is 4.48. The van der Waals surface area contributed by atoms with Gasteiger partial charge in [-0.1, -0.05) is 5.92 Å². The second-order valence-electron chi connectivity index (χ2n) is 2.86. The maximum Gasteiger partial charge on any atom is 0.384 e. The highest BCUT2D eigenvalue weighted by Crippen LogP contribution is 2.21. The Balaban J connectivity index is 2.94. The summed E-state index contributed by atoms with van der Waals surface area (Å²) in [5.41, 5.74) is 0.440. The number of phenols is 1. The van der Waals surface area contributed by atoms with Gasteiger partial charge in [-0.3, -0.25) is 0 Å². The van der Waals surface area contributed by atoms with E-state index >= 15 is 0 Å². The summed E-state index contributed by atoms with van der Waals surface area (Å²) < 4.78 is 9.68. The van der Waals surface area contributed by atoms with E-state index in [1.54, 1.807) is 13.0 Å². The van der Waals surface area contributed by atoms with Crippen molar-refractivity contribution in [1.29, 1.82) is 0 Å². The lowest BCUT2D eigenvalue weighted by Gasteiger charge is -2.02. The number of hydrogen-bond acceptors (Lipinski definition) is 4. The molecule has 0 aromatic heterocycles. The van der Waals surface area contributed by atoms with E-state index in [2.05, 4.69) is 16.6 Å². The average Bonchev–Trinajstić information content (AvgIpc) is 2.27. The summed E-state index contributed by atoms with van der Waals surface area (Å²) in [7, 11) is 1.49. The molecule has 0 aliphatic carbocycles. The molecule has 1 N–H and O–H groups in total. The lowest BCUT2D eigenvalue weighted by Crippen LogP contribution is -1.99. The van der Waals surface area contributed by atoms with E-state index in [-0.39, 0.29) is 12.4 Å². The van der Waals surface area contributed by atoms with Gasteiger partial charge in [-0.15, -0.1) is 0 Å². The van der Waals surface area contributed by atoms with Crippen LogP contribution in [0.25, 0.3) is 0 Å². The number of rotatable bonds is 2. The average molecular weight is 220 g/mol. The summed E-state index contributed by atoms with van der Waals surface area (Å²) in [6.45, 7) is 1.99. The van der Waals surface area contributed by atoms with Crippen molar-refractivity contribution >= 4 is 5.97 Å². The predicted octanol–water partition coefficient (Wildman–Crippen LogP) is 1.32. The van der Waals surface area contributed by atoms with Gasteiger partial charge in [0, 0.05) is 5.92 Å². The molecule has 1 aromatic carbocycles. The minimum Gasteiger partial charge on any atom is -0.508 e. The molecule has 1 aromatic rings. The number of hydrogen-bond donors (Lipinski definition) is 1. The number of carbonyl (C=O) groups is 1. The summed E-state index contributed by atoms with van der Waals surface area (Å²) in [6.07, 6.45) is 0. The van der Waals surface area contributed by atoms with Gasteiger partial charge in [0.15, 0.2) is 0 Å². The Labute approximate surface area is 93.8 Å². The number of esters is 1. The second kappa shape index (κ2) is 5.66. The van der Waals surface area contributed by atoms with Crippen molar-refractivity contribution in [1.82, 2.24) is 0 Å². The van der Waals surface area contributed by atoms with E-state index in [1.165, 1.54) is 19.2 Å². The second-order valence-corrected chi connectivity index (χ2v) is 2.86. The highest BCUT2D eigenvalue weighted by Gasteiger charge is 2.01. The molecule has 0 unspecified atom stereocenters. The topological polar surface area (TPSA) is 55.8 Å². The molecule has 0 aliphatic rings. The van der Waals surface area contributed by atoms with Crippen LogP contribution in [-0.4, -0.2) is 24.8 Å². The van der Waals surface area contributed by atoms with E-state index in [1.807, 2.05) is 0 Å². The summed E-state index contributed by atoms with van der Waals surface area (Å²) in [5.74, 6) is 4.83. The molecule has 0 heterocycles. The molecule has 0 amide bonds. The Hall–Kier alpha value is -2.15. The molecular formula is C12H12O4. The standard InChI is InChI=1S/C12H12O4/c1-3-16-12(14)7-4-9-8-10(13)5-6-11(9)15-2/h5-6,8,13H,3H2,1-2H3. The minimum atomic E-state index is -0.604. The van der Waals surface area contributed by atoms with Gasteiger partial charge in [-0.25, -0.2) is 4.79 Å². The molecule has 0 saturated carbocycles. The van der Waals surface area contributed by atoms with Gasteiger partial charge in [0.1, 0.15) is 11.5 Å². The van der Waals surface area contributed by atoms with Crippen LogP contribution >= 0.6 is 0 Å². The van der Waals surface area contributed by atoms with E-state index in [9.17, 15) is 9.90 Å². The van der Waals surface area contributed by atoms with Crippen LogP contribution in [0.15, 0.2) is 18.2 Å². The number of ether oxygens (including phenoxy) is 2. The maximum atomic E-state index is 11.0. The summed E-state index contributed by atoms with van der Waals surface area (Å²) in [5, 5.41) is 9.26. The molecule has 1 rings (SSSR count). The van der Waals surface area contributed by atoms with Gasteiger partial charge in [-0.2, -0.15) is 0 Å².